The number of fused-ring (bicyclic) bond motifs is 1. The summed E-state index contributed by atoms with van der Waals surface area (Å²) in [5.74, 6) is -2.75. The number of rotatable bonds is 6. The molecule has 1 aliphatic heterocycles. The fourth-order valence-corrected chi connectivity index (χ4v) is 4.99. The second kappa shape index (κ2) is 9.38. The topological polar surface area (TPSA) is 92.8 Å². The Hall–Kier alpha value is -1.74. The molecular weight excluding hydrogens is 508 g/mol. The lowest BCUT2D eigenvalue weighted by atomic mass is 9.81. The molecule has 1 aromatic carbocycles. The number of alkyl halides is 2. The van der Waals surface area contributed by atoms with Crippen molar-refractivity contribution in [2.75, 3.05) is 13.2 Å². The molecule has 0 aromatic heterocycles. The third-order valence-corrected chi connectivity index (χ3v) is 8.06. The van der Waals surface area contributed by atoms with E-state index >= 15 is 0 Å². The second-order valence-electron chi connectivity index (χ2n) is 7.34. The van der Waals surface area contributed by atoms with Crippen LogP contribution in [0, 0.1) is 11.8 Å². The molecule has 2 aliphatic rings. The summed E-state index contributed by atoms with van der Waals surface area (Å²) in [6.45, 7) is 0.894. The molecule has 29 heavy (non-hydrogen) atoms. The van der Waals surface area contributed by atoms with E-state index in [9.17, 15) is 19.2 Å². The van der Waals surface area contributed by atoms with Crippen molar-refractivity contribution in [2.45, 2.75) is 35.5 Å². The zero-order valence-electron chi connectivity index (χ0n) is 15.8. The van der Waals surface area contributed by atoms with Crippen molar-refractivity contribution in [2.24, 2.45) is 11.8 Å². The minimum atomic E-state index is -0.779. The van der Waals surface area contributed by atoms with Gasteiger partial charge < -0.3 is 10.1 Å². The Balaban J connectivity index is 1.49. The van der Waals surface area contributed by atoms with E-state index in [4.69, 9.17) is 4.74 Å². The van der Waals surface area contributed by atoms with Crippen LogP contribution in [0.1, 0.15) is 31.4 Å². The molecule has 1 saturated heterocycles. The highest BCUT2D eigenvalue weighted by Gasteiger charge is 2.52. The Bertz CT molecular complexity index is 775. The Labute approximate surface area is 185 Å². The normalized spacial score (nSPS) is 27.3. The molecule has 2 fully saturated rings. The first kappa shape index (κ1) is 22.0. The lowest BCUT2D eigenvalue weighted by molar-refractivity contribution is -0.155. The number of imide groups is 1. The maximum Gasteiger partial charge on any atom is 0.326 e. The summed E-state index contributed by atoms with van der Waals surface area (Å²) in [5, 5.41) is 2.74. The van der Waals surface area contributed by atoms with Crippen LogP contribution in [-0.2, 0) is 23.9 Å². The van der Waals surface area contributed by atoms with Crippen molar-refractivity contribution in [1.29, 1.82) is 0 Å². The third kappa shape index (κ3) is 5.06. The van der Waals surface area contributed by atoms with Crippen molar-refractivity contribution in [1.82, 2.24) is 10.2 Å². The third-order valence-electron chi connectivity index (χ3n) is 5.33. The summed E-state index contributed by atoms with van der Waals surface area (Å²) in [6.07, 6.45) is 1.08. The van der Waals surface area contributed by atoms with Gasteiger partial charge in [-0.2, -0.15) is 0 Å². The zero-order chi connectivity index (χ0) is 21.1. The molecule has 5 atom stereocenters. The molecule has 156 valence electrons. The van der Waals surface area contributed by atoms with Crippen molar-refractivity contribution in [3.8, 4) is 0 Å². The van der Waals surface area contributed by atoms with E-state index < -0.39 is 36.9 Å². The highest BCUT2D eigenvalue weighted by Crippen LogP contribution is 2.43. The average Bonchev–Trinajstić information content (AvgIpc) is 2.92. The van der Waals surface area contributed by atoms with Gasteiger partial charge in [-0.3, -0.25) is 24.1 Å². The molecule has 1 saturated carbocycles. The molecule has 1 aliphatic carbocycles. The molecule has 0 unspecified atom stereocenters. The molecule has 0 radical (unpaired) electrons. The van der Waals surface area contributed by atoms with Crippen LogP contribution < -0.4 is 5.32 Å². The average molecular weight is 530 g/mol. The maximum atomic E-state index is 12.6. The number of benzene rings is 1. The highest BCUT2D eigenvalue weighted by molar-refractivity contribution is 9.12. The number of hydrogen-bond donors (Lipinski definition) is 1. The Morgan fingerprint density at radius 2 is 1.66 bits per heavy atom. The lowest BCUT2D eigenvalue weighted by Gasteiger charge is -2.29. The number of nitrogens with one attached hydrogen (secondary N) is 1. The number of carbonyl (C=O) groups excluding carboxylic acids is 4. The largest absolute Gasteiger partial charge is 0.454 e. The first-order chi connectivity index (χ1) is 13.8. The van der Waals surface area contributed by atoms with Crippen LogP contribution in [-0.4, -0.2) is 51.4 Å². The number of esters is 1. The summed E-state index contributed by atoms with van der Waals surface area (Å²) < 4.78 is 4.98. The van der Waals surface area contributed by atoms with Gasteiger partial charge in [0.05, 0.1) is 17.9 Å². The van der Waals surface area contributed by atoms with Gasteiger partial charge in [0.15, 0.2) is 6.61 Å². The van der Waals surface area contributed by atoms with Crippen LogP contribution in [0.4, 0.5) is 0 Å². The van der Waals surface area contributed by atoms with E-state index in [1.807, 2.05) is 37.3 Å². The predicted molar refractivity (Wildman–Crippen MR) is 112 cm³/mol. The maximum absolute atomic E-state index is 12.6. The highest BCUT2D eigenvalue weighted by atomic mass is 79.9. The number of carbonyl (C=O) groups is 4. The fraction of sp³-hybridized carbons (Fsp3) is 0.500. The molecule has 0 spiro atoms. The van der Waals surface area contributed by atoms with Crippen LogP contribution in [0.2, 0.25) is 0 Å². The molecule has 1 N–H and O–H groups in total. The predicted octanol–water partition coefficient (Wildman–Crippen LogP) is 2.33. The summed E-state index contributed by atoms with van der Waals surface area (Å²) >= 11 is 7.04. The molecule has 7 nitrogen and oxygen atoms in total. The molecule has 0 bridgehead atoms. The van der Waals surface area contributed by atoms with Crippen LogP contribution in [0.5, 0.6) is 0 Å². The van der Waals surface area contributed by atoms with Crippen LogP contribution in [0.25, 0.3) is 0 Å². The summed E-state index contributed by atoms with van der Waals surface area (Å²) in [5.41, 5.74) is 0.929. The van der Waals surface area contributed by atoms with Crippen molar-refractivity contribution in [3.63, 3.8) is 0 Å². The van der Waals surface area contributed by atoms with E-state index in [0.29, 0.717) is 12.8 Å². The van der Waals surface area contributed by atoms with Gasteiger partial charge >= 0.3 is 5.97 Å². The first-order valence-corrected chi connectivity index (χ1v) is 11.2. The quantitative estimate of drug-likeness (QED) is 0.347. The SMILES string of the molecule is C[C@H](NC(=O)COC(=O)CN1C(=O)[C@H]2C[C@H](Br)[C@@H](Br)C[C@H]2C1=O)c1ccccc1. The number of halogens is 2. The number of nitrogens with zero attached hydrogens (tertiary/aromatic N) is 1. The van der Waals surface area contributed by atoms with Crippen LogP contribution in [0.3, 0.4) is 0 Å². The van der Waals surface area contributed by atoms with Crippen molar-refractivity contribution in [3.05, 3.63) is 35.9 Å². The smallest absolute Gasteiger partial charge is 0.326 e. The molecule has 3 amide bonds. The van der Waals surface area contributed by atoms with Gasteiger partial charge in [0.2, 0.25) is 11.8 Å². The van der Waals surface area contributed by atoms with E-state index in [1.165, 1.54) is 0 Å². The Morgan fingerprint density at radius 3 is 2.21 bits per heavy atom. The van der Waals surface area contributed by atoms with Gasteiger partial charge in [-0.05, 0) is 25.3 Å². The Morgan fingerprint density at radius 1 is 1.10 bits per heavy atom. The monoisotopic (exact) mass is 528 g/mol. The van der Waals surface area contributed by atoms with Gasteiger partial charge in [0.1, 0.15) is 6.54 Å². The minimum Gasteiger partial charge on any atom is -0.454 e. The van der Waals surface area contributed by atoms with Gasteiger partial charge in [-0.15, -0.1) is 0 Å². The Kier molecular flexibility index (Phi) is 7.10. The molecular formula is C20H22Br2N2O5. The number of hydrogen-bond acceptors (Lipinski definition) is 5. The van der Waals surface area contributed by atoms with Crippen LogP contribution in [0.15, 0.2) is 30.3 Å². The van der Waals surface area contributed by atoms with Gasteiger partial charge in [-0.1, -0.05) is 62.2 Å². The summed E-state index contributed by atoms with van der Waals surface area (Å²) in [4.78, 5) is 50.4. The van der Waals surface area contributed by atoms with Crippen molar-refractivity contribution >= 4 is 55.6 Å². The number of amides is 3. The van der Waals surface area contributed by atoms with Crippen molar-refractivity contribution < 1.29 is 23.9 Å². The molecule has 9 heteroatoms. The molecule has 1 heterocycles. The number of likely N-dealkylation sites (tertiary alicyclic amines) is 1. The summed E-state index contributed by atoms with van der Waals surface area (Å²) in [7, 11) is 0. The van der Waals surface area contributed by atoms with Gasteiger partial charge in [0.25, 0.3) is 5.91 Å². The van der Waals surface area contributed by atoms with E-state index in [1.54, 1.807) is 0 Å². The minimum absolute atomic E-state index is 0.0997. The molecule has 1 aromatic rings. The lowest BCUT2D eigenvalue weighted by Crippen LogP contribution is -2.38. The van der Waals surface area contributed by atoms with E-state index in [-0.39, 0.29) is 27.5 Å². The standard InChI is InChI=1S/C20H22Br2N2O5/c1-11(12-5-3-2-4-6-12)23-17(25)10-29-18(26)9-24-19(27)13-7-15(21)16(22)8-14(13)20(24)28/h2-6,11,13-16H,7-10H2,1H3,(H,23,25)/t11-,13-,14+,15-,16-/m0/s1. The zero-order valence-corrected chi connectivity index (χ0v) is 19.0. The number of ether oxygens (including phenoxy) is 1. The van der Waals surface area contributed by atoms with Crippen LogP contribution >= 0.6 is 31.9 Å². The van der Waals surface area contributed by atoms with Gasteiger partial charge in [0, 0.05) is 9.65 Å². The fourth-order valence-electron chi connectivity index (χ4n) is 3.75. The van der Waals surface area contributed by atoms with E-state index in [2.05, 4.69) is 37.2 Å². The summed E-state index contributed by atoms with van der Waals surface area (Å²) in [6, 6.07) is 9.16. The molecule has 3 rings (SSSR count). The first-order valence-electron chi connectivity index (χ1n) is 9.41. The van der Waals surface area contributed by atoms with E-state index in [0.717, 1.165) is 10.5 Å². The second-order valence-corrected chi connectivity index (χ2v) is 9.69. The van der Waals surface area contributed by atoms with Gasteiger partial charge in [-0.25, -0.2) is 0 Å².